The van der Waals surface area contributed by atoms with Crippen LogP contribution in [0.15, 0.2) is 85.1 Å². The van der Waals surface area contributed by atoms with E-state index in [1.165, 1.54) is 77.0 Å². The van der Waals surface area contributed by atoms with Crippen molar-refractivity contribution in [2.45, 2.75) is 226 Å². The van der Waals surface area contributed by atoms with Crippen LogP contribution in [-0.4, -0.2) is 37.2 Å². The highest BCUT2D eigenvalue weighted by atomic mass is 16.6. The molecule has 0 spiro atoms. The highest BCUT2D eigenvalue weighted by Gasteiger charge is 2.19. The Bertz CT molecular complexity index is 1190. The summed E-state index contributed by atoms with van der Waals surface area (Å²) in [5.41, 5.74) is 0. The number of hydrogen-bond donors (Lipinski definition) is 0. The number of ether oxygens (including phenoxy) is 3. The van der Waals surface area contributed by atoms with Crippen molar-refractivity contribution < 1.29 is 28.6 Å². The molecule has 0 aromatic heterocycles. The van der Waals surface area contributed by atoms with Crippen LogP contribution in [0.1, 0.15) is 220 Å². The lowest BCUT2D eigenvalue weighted by molar-refractivity contribution is -0.167. The second kappa shape index (κ2) is 48.3. The van der Waals surface area contributed by atoms with Gasteiger partial charge in [0.25, 0.3) is 0 Å². The van der Waals surface area contributed by atoms with Gasteiger partial charge in [0.1, 0.15) is 13.2 Å². The number of rotatable bonds is 43. The van der Waals surface area contributed by atoms with Crippen LogP contribution in [0.3, 0.4) is 0 Å². The van der Waals surface area contributed by atoms with Crippen LogP contribution < -0.4 is 0 Å². The van der Waals surface area contributed by atoms with E-state index < -0.39 is 6.10 Å². The van der Waals surface area contributed by atoms with E-state index in [4.69, 9.17) is 14.2 Å². The SMILES string of the molecule is CC/C=C\C/C=C\C/C=C\C/C=C\CCCCCC(=O)OCC(COC(=O)CCC/C=C\C/C=C\C/C=C\CC)OC(=O)CCCCCCCCCCCCCCCCC. The van der Waals surface area contributed by atoms with Crippen molar-refractivity contribution in [2.24, 2.45) is 0 Å². The quantitative estimate of drug-likeness (QED) is 0.0263. The second-order valence-electron chi connectivity index (χ2n) is 16.0. The molecule has 0 aliphatic heterocycles. The zero-order valence-electron chi connectivity index (χ0n) is 38.9. The fraction of sp³-hybridized carbons (Fsp3) is 0.685. The Balaban J connectivity index is 4.47. The van der Waals surface area contributed by atoms with Gasteiger partial charge in [-0.05, 0) is 83.5 Å². The van der Waals surface area contributed by atoms with Crippen molar-refractivity contribution >= 4 is 17.9 Å². The molecule has 6 nitrogen and oxygen atoms in total. The summed E-state index contributed by atoms with van der Waals surface area (Å²) in [5.74, 6) is -0.993. The predicted octanol–water partition coefficient (Wildman–Crippen LogP) is 16.0. The average molecular weight is 835 g/mol. The molecule has 0 rings (SSSR count). The van der Waals surface area contributed by atoms with E-state index >= 15 is 0 Å². The summed E-state index contributed by atoms with van der Waals surface area (Å²) in [5, 5.41) is 0. The number of unbranched alkanes of at least 4 members (excludes halogenated alkanes) is 18. The van der Waals surface area contributed by atoms with Crippen LogP contribution in [-0.2, 0) is 28.6 Å². The van der Waals surface area contributed by atoms with Crippen LogP contribution in [0.25, 0.3) is 0 Å². The van der Waals surface area contributed by atoms with E-state index in [0.717, 1.165) is 96.3 Å². The number of hydrogen-bond acceptors (Lipinski definition) is 6. The summed E-state index contributed by atoms with van der Waals surface area (Å²) in [6, 6.07) is 0. The molecule has 0 N–H and O–H groups in total. The molecule has 0 aromatic rings. The van der Waals surface area contributed by atoms with Crippen LogP contribution in [0.4, 0.5) is 0 Å². The third-order valence-electron chi connectivity index (χ3n) is 10.1. The summed E-state index contributed by atoms with van der Waals surface area (Å²) in [7, 11) is 0. The van der Waals surface area contributed by atoms with Crippen molar-refractivity contribution in [3.63, 3.8) is 0 Å². The molecule has 0 radical (unpaired) electrons. The molecular formula is C54H90O6. The molecule has 1 atom stereocenters. The number of carbonyl (C=O) groups is 3. The van der Waals surface area contributed by atoms with Crippen LogP contribution in [0.5, 0.6) is 0 Å². The van der Waals surface area contributed by atoms with E-state index in [9.17, 15) is 14.4 Å². The van der Waals surface area contributed by atoms with E-state index in [0.29, 0.717) is 19.3 Å². The van der Waals surface area contributed by atoms with Crippen LogP contribution in [0, 0.1) is 0 Å². The van der Waals surface area contributed by atoms with Gasteiger partial charge in [0.05, 0.1) is 0 Å². The zero-order valence-corrected chi connectivity index (χ0v) is 38.9. The van der Waals surface area contributed by atoms with Crippen molar-refractivity contribution in [3.8, 4) is 0 Å². The molecule has 0 aromatic carbocycles. The molecule has 1 unspecified atom stereocenters. The summed E-state index contributed by atoms with van der Waals surface area (Å²) in [4.78, 5) is 37.8. The van der Waals surface area contributed by atoms with Crippen LogP contribution in [0.2, 0.25) is 0 Å². The second-order valence-corrected chi connectivity index (χ2v) is 16.0. The van der Waals surface area contributed by atoms with Crippen LogP contribution >= 0.6 is 0 Å². The first kappa shape index (κ1) is 56.6. The van der Waals surface area contributed by atoms with Gasteiger partial charge in [-0.2, -0.15) is 0 Å². The first-order valence-electron chi connectivity index (χ1n) is 24.6. The number of allylic oxidation sites excluding steroid dienone is 14. The fourth-order valence-corrected chi connectivity index (χ4v) is 6.51. The minimum Gasteiger partial charge on any atom is -0.462 e. The molecular weight excluding hydrogens is 745 g/mol. The third kappa shape index (κ3) is 45.7. The minimum absolute atomic E-state index is 0.108. The molecule has 0 aliphatic carbocycles. The maximum absolute atomic E-state index is 12.8. The molecule has 0 aliphatic rings. The number of esters is 3. The molecule has 0 amide bonds. The van der Waals surface area contributed by atoms with Gasteiger partial charge in [-0.15, -0.1) is 0 Å². The van der Waals surface area contributed by atoms with Gasteiger partial charge >= 0.3 is 17.9 Å². The molecule has 60 heavy (non-hydrogen) atoms. The molecule has 0 heterocycles. The Morgan fingerprint density at radius 3 is 1.08 bits per heavy atom. The topological polar surface area (TPSA) is 78.9 Å². The molecule has 0 bridgehead atoms. The molecule has 0 saturated heterocycles. The van der Waals surface area contributed by atoms with Gasteiger partial charge in [-0.1, -0.05) is 202 Å². The van der Waals surface area contributed by atoms with Crippen molar-refractivity contribution in [1.29, 1.82) is 0 Å². The third-order valence-corrected chi connectivity index (χ3v) is 10.1. The van der Waals surface area contributed by atoms with E-state index in [1.54, 1.807) is 0 Å². The first-order valence-corrected chi connectivity index (χ1v) is 24.6. The highest BCUT2D eigenvalue weighted by molar-refractivity contribution is 5.71. The Morgan fingerprint density at radius 1 is 0.350 bits per heavy atom. The van der Waals surface area contributed by atoms with Gasteiger partial charge in [-0.25, -0.2) is 0 Å². The largest absolute Gasteiger partial charge is 0.462 e. The van der Waals surface area contributed by atoms with Gasteiger partial charge in [0.15, 0.2) is 6.10 Å². The summed E-state index contributed by atoms with van der Waals surface area (Å²) >= 11 is 0. The standard InChI is InChI=1S/C54H90O6/c1-4-7-10-13-16-19-22-24-26-28-29-32-35-38-41-44-47-53(56)59-50-51(49-58-52(55)46-43-40-37-34-31-21-18-15-12-9-6-3)60-54(57)48-45-42-39-36-33-30-27-25-23-20-17-14-11-8-5-2/h7,9-10,12,16,18-19,21,24,26,29,32,34,37,51H,4-6,8,11,13-15,17,20,22-23,25,27-28,30-31,33,35-36,38-50H2,1-3H3/b10-7-,12-9-,19-16-,21-18-,26-24-,32-29-,37-34-. The monoisotopic (exact) mass is 835 g/mol. The number of carbonyl (C=O) groups excluding carboxylic acids is 3. The van der Waals surface area contributed by atoms with Gasteiger partial charge in [0, 0.05) is 19.3 Å². The maximum atomic E-state index is 12.8. The lowest BCUT2D eigenvalue weighted by Crippen LogP contribution is -2.30. The molecule has 0 saturated carbocycles. The Labute approximate surface area is 369 Å². The summed E-state index contributed by atoms with van der Waals surface area (Å²) < 4.78 is 16.7. The van der Waals surface area contributed by atoms with E-state index in [1.807, 2.05) is 0 Å². The smallest absolute Gasteiger partial charge is 0.306 e. The van der Waals surface area contributed by atoms with E-state index in [2.05, 4.69) is 106 Å². The van der Waals surface area contributed by atoms with Crippen molar-refractivity contribution in [1.82, 2.24) is 0 Å². The van der Waals surface area contributed by atoms with Gasteiger partial charge < -0.3 is 14.2 Å². The van der Waals surface area contributed by atoms with Gasteiger partial charge in [-0.3, -0.25) is 14.4 Å². The van der Waals surface area contributed by atoms with E-state index in [-0.39, 0.29) is 37.5 Å². The Morgan fingerprint density at radius 2 is 0.667 bits per heavy atom. The zero-order chi connectivity index (χ0) is 43.7. The predicted molar refractivity (Wildman–Crippen MR) is 256 cm³/mol. The Kier molecular flexibility index (Phi) is 45.5. The first-order chi connectivity index (χ1) is 29.5. The van der Waals surface area contributed by atoms with Crippen molar-refractivity contribution in [3.05, 3.63) is 85.1 Å². The Hall–Kier alpha value is -3.41. The average Bonchev–Trinajstić information content (AvgIpc) is 3.24. The van der Waals surface area contributed by atoms with Crippen molar-refractivity contribution in [2.75, 3.05) is 13.2 Å². The lowest BCUT2D eigenvalue weighted by atomic mass is 10.0. The summed E-state index contributed by atoms with van der Waals surface area (Å²) in [6.45, 7) is 6.32. The highest BCUT2D eigenvalue weighted by Crippen LogP contribution is 2.15. The molecule has 342 valence electrons. The fourth-order valence-electron chi connectivity index (χ4n) is 6.51. The molecule has 0 fully saturated rings. The molecule has 6 heteroatoms. The van der Waals surface area contributed by atoms with Gasteiger partial charge in [0.2, 0.25) is 0 Å². The minimum atomic E-state index is -0.807. The normalized spacial score (nSPS) is 12.8. The lowest BCUT2D eigenvalue weighted by Gasteiger charge is -2.18. The maximum Gasteiger partial charge on any atom is 0.306 e. The summed E-state index contributed by atoms with van der Waals surface area (Å²) in [6.07, 6.45) is 61.5.